The number of hydrogen-bond donors (Lipinski definition) is 1. The highest BCUT2D eigenvalue weighted by molar-refractivity contribution is 9.10. The summed E-state index contributed by atoms with van der Waals surface area (Å²) in [6.45, 7) is 1.57. The third-order valence-corrected chi connectivity index (χ3v) is 6.18. The van der Waals surface area contributed by atoms with Gasteiger partial charge in [0.2, 0.25) is 5.95 Å². The van der Waals surface area contributed by atoms with Crippen molar-refractivity contribution in [1.82, 2.24) is 18.7 Å². The van der Waals surface area contributed by atoms with Gasteiger partial charge < -0.3 is 10.6 Å². The summed E-state index contributed by atoms with van der Waals surface area (Å²) in [6, 6.07) is 4.43. The highest BCUT2D eigenvalue weighted by Crippen LogP contribution is 2.26. The van der Waals surface area contributed by atoms with E-state index < -0.39 is 11.2 Å². The molecule has 0 unspecified atom stereocenters. The van der Waals surface area contributed by atoms with Crippen molar-refractivity contribution in [3.63, 3.8) is 0 Å². The largest absolute Gasteiger partial charge is 0.341 e. The second-order valence-electron chi connectivity index (χ2n) is 7.46. The fourth-order valence-corrected chi connectivity index (χ4v) is 4.22. The number of halogens is 2. The van der Waals surface area contributed by atoms with Crippen molar-refractivity contribution < 1.29 is 4.39 Å². The minimum absolute atomic E-state index is 0.00423. The molecule has 0 spiro atoms. The molecule has 0 aliphatic carbocycles. The van der Waals surface area contributed by atoms with E-state index in [9.17, 15) is 14.0 Å². The first kappa shape index (κ1) is 19.8. The van der Waals surface area contributed by atoms with E-state index in [1.165, 1.54) is 23.7 Å². The lowest BCUT2D eigenvalue weighted by Crippen LogP contribution is -2.44. The molecule has 3 heterocycles. The van der Waals surface area contributed by atoms with Crippen LogP contribution in [0.15, 0.2) is 32.3 Å². The zero-order chi connectivity index (χ0) is 20.9. The Morgan fingerprint density at radius 2 is 2.03 bits per heavy atom. The van der Waals surface area contributed by atoms with Crippen molar-refractivity contribution in [2.75, 3.05) is 18.0 Å². The Kier molecular flexibility index (Phi) is 5.07. The smallest absolute Gasteiger partial charge is 0.332 e. The third-order valence-electron chi connectivity index (χ3n) is 5.40. The molecule has 1 atom stereocenters. The normalized spacial score (nSPS) is 17.3. The molecule has 3 aromatic rings. The molecule has 4 rings (SSSR count). The number of aromatic nitrogens is 4. The Morgan fingerprint density at radius 1 is 1.28 bits per heavy atom. The lowest BCUT2D eigenvalue weighted by atomic mass is 10.1. The quantitative estimate of drug-likeness (QED) is 0.630. The molecule has 0 amide bonds. The Morgan fingerprint density at radius 3 is 2.76 bits per heavy atom. The molecule has 1 fully saturated rings. The highest BCUT2D eigenvalue weighted by Gasteiger charge is 2.26. The van der Waals surface area contributed by atoms with Crippen LogP contribution in [-0.4, -0.2) is 37.8 Å². The molecule has 2 N–H and O–H groups in total. The summed E-state index contributed by atoms with van der Waals surface area (Å²) in [5.74, 6) is 0.194. The van der Waals surface area contributed by atoms with E-state index >= 15 is 0 Å². The van der Waals surface area contributed by atoms with E-state index in [1.807, 2.05) is 4.90 Å². The minimum atomic E-state index is -0.444. The summed E-state index contributed by atoms with van der Waals surface area (Å²) in [4.78, 5) is 32.1. The predicted octanol–water partition coefficient (Wildman–Crippen LogP) is 1.31. The van der Waals surface area contributed by atoms with Crippen molar-refractivity contribution in [2.24, 2.45) is 19.8 Å². The van der Waals surface area contributed by atoms with Crippen LogP contribution in [0.2, 0.25) is 0 Å². The molecule has 0 saturated carbocycles. The van der Waals surface area contributed by atoms with Crippen molar-refractivity contribution in [2.45, 2.75) is 25.4 Å². The lowest BCUT2D eigenvalue weighted by molar-refractivity contribution is 0.495. The summed E-state index contributed by atoms with van der Waals surface area (Å²) in [5.41, 5.74) is 6.56. The highest BCUT2D eigenvalue weighted by atomic mass is 79.9. The van der Waals surface area contributed by atoms with E-state index in [1.54, 1.807) is 17.7 Å². The molecule has 0 radical (unpaired) electrons. The predicted molar refractivity (Wildman–Crippen MR) is 113 cm³/mol. The number of benzene rings is 1. The Hall–Kier alpha value is -2.46. The fourth-order valence-electron chi connectivity index (χ4n) is 3.85. The summed E-state index contributed by atoms with van der Waals surface area (Å²) in [5, 5.41) is 0. The average Bonchev–Trinajstić information content (AvgIpc) is 3.07. The number of nitrogens with zero attached hydrogens (tertiary/aromatic N) is 5. The summed E-state index contributed by atoms with van der Waals surface area (Å²) in [7, 11) is 3.03. The second kappa shape index (κ2) is 7.42. The average molecular weight is 465 g/mol. The van der Waals surface area contributed by atoms with Crippen LogP contribution in [0.3, 0.4) is 0 Å². The van der Waals surface area contributed by atoms with E-state index in [4.69, 9.17) is 5.73 Å². The molecule has 154 valence electrons. The van der Waals surface area contributed by atoms with Gasteiger partial charge in [-0.25, -0.2) is 9.18 Å². The number of anilines is 1. The van der Waals surface area contributed by atoms with Gasteiger partial charge in [-0.3, -0.25) is 18.5 Å². The molecule has 29 heavy (non-hydrogen) atoms. The van der Waals surface area contributed by atoms with Gasteiger partial charge in [-0.2, -0.15) is 4.98 Å². The van der Waals surface area contributed by atoms with E-state index in [0.29, 0.717) is 29.2 Å². The monoisotopic (exact) mass is 464 g/mol. The maximum Gasteiger partial charge on any atom is 0.332 e. The van der Waals surface area contributed by atoms with E-state index in [0.717, 1.165) is 28.4 Å². The van der Waals surface area contributed by atoms with Crippen LogP contribution in [0.25, 0.3) is 11.2 Å². The van der Waals surface area contributed by atoms with Crippen molar-refractivity contribution in [3.8, 4) is 0 Å². The maximum absolute atomic E-state index is 13.9. The molecule has 8 nitrogen and oxygen atoms in total. The zero-order valence-corrected chi connectivity index (χ0v) is 17.8. The van der Waals surface area contributed by atoms with Gasteiger partial charge >= 0.3 is 5.69 Å². The number of fused-ring (bicyclic) bond motifs is 1. The molecule has 0 bridgehead atoms. The van der Waals surface area contributed by atoms with Crippen LogP contribution in [0.1, 0.15) is 18.4 Å². The van der Waals surface area contributed by atoms with Crippen LogP contribution >= 0.6 is 15.9 Å². The Labute approximate surface area is 174 Å². The van der Waals surface area contributed by atoms with Crippen molar-refractivity contribution in [1.29, 1.82) is 0 Å². The van der Waals surface area contributed by atoms with Gasteiger partial charge in [0.25, 0.3) is 5.56 Å². The van der Waals surface area contributed by atoms with Gasteiger partial charge in [0.05, 0.1) is 6.54 Å². The molecule has 1 aromatic carbocycles. The number of rotatable bonds is 3. The van der Waals surface area contributed by atoms with Crippen LogP contribution in [0, 0.1) is 5.82 Å². The van der Waals surface area contributed by atoms with Crippen molar-refractivity contribution >= 4 is 33.0 Å². The molecular weight excluding hydrogens is 443 g/mol. The molecule has 1 aliphatic heterocycles. The van der Waals surface area contributed by atoms with Gasteiger partial charge in [0.1, 0.15) is 5.82 Å². The zero-order valence-electron chi connectivity index (χ0n) is 16.2. The Bertz CT molecular complexity index is 1210. The first-order valence-corrected chi connectivity index (χ1v) is 10.2. The summed E-state index contributed by atoms with van der Waals surface area (Å²) < 4.78 is 18.8. The first-order chi connectivity index (χ1) is 13.8. The first-order valence-electron chi connectivity index (χ1n) is 9.38. The van der Waals surface area contributed by atoms with Crippen LogP contribution in [-0.2, 0) is 20.6 Å². The number of piperidine rings is 1. The topological polar surface area (TPSA) is 91.1 Å². The standard InChI is InChI=1S/C19H22BrFN6O2/c1-24-16-15(17(28)25(2)19(24)29)27(9-11-8-12(21)5-6-14(11)20)18(23-16)26-7-3-4-13(22)10-26/h5-6,8,13H,3-4,7,9-10,22H2,1-2H3/t13-/m1/s1. The fraction of sp³-hybridized carbons (Fsp3) is 0.421. The lowest BCUT2D eigenvalue weighted by Gasteiger charge is -2.32. The maximum atomic E-state index is 13.9. The third kappa shape index (κ3) is 3.40. The van der Waals surface area contributed by atoms with Gasteiger partial charge in [-0.15, -0.1) is 0 Å². The second-order valence-corrected chi connectivity index (χ2v) is 8.31. The minimum Gasteiger partial charge on any atom is -0.341 e. The molecule has 1 aliphatic rings. The molecular formula is C19H22BrFN6O2. The van der Waals surface area contributed by atoms with Crippen molar-refractivity contribution in [3.05, 3.63) is 54.9 Å². The Balaban J connectivity index is 1.98. The van der Waals surface area contributed by atoms with Gasteiger partial charge in [0, 0.05) is 37.7 Å². The van der Waals surface area contributed by atoms with Crippen LogP contribution in [0.5, 0.6) is 0 Å². The van der Waals surface area contributed by atoms with E-state index in [-0.39, 0.29) is 18.4 Å². The number of aryl methyl sites for hydroxylation is 1. The van der Waals surface area contributed by atoms with E-state index in [2.05, 4.69) is 20.9 Å². The number of hydrogen-bond acceptors (Lipinski definition) is 5. The molecule has 1 saturated heterocycles. The van der Waals surface area contributed by atoms with Gasteiger partial charge in [-0.05, 0) is 36.6 Å². The number of imidazole rings is 1. The molecule has 10 heteroatoms. The summed E-state index contributed by atoms with van der Waals surface area (Å²) >= 11 is 3.46. The van der Waals surface area contributed by atoms with Gasteiger partial charge in [-0.1, -0.05) is 15.9 Å². The molecule has 2 aromatic heterocycles. The van der Waals surface area contributed by atoms with Crippen LogP contribution in [0.4, 0.5) is 10.3 Å². The number of nitrogens with two attached hydrogens (primary N) is 1. The summed E-state index contributed by atoms with van der Waals surface area (Å²) in [6.07, 6.45) is 1.83. The van der Waals surface area contributed by atoms with Gasteiger partial charge in [0.15, 0.2) is 11.2 Å². The van der Waals surface area contributed by atoms with Crippen LogP contribution < -0.4 is 21.9 Å². The SMILES string of the molecule is Cn1c(=O)c2c(nc(N3CCC[C@@H](N)C3)n2Cc2cc(F)ccc2Br)n(C)c1=O.